The van der Waals surface area contributed by atoms with Crippen LogP contribution in [0, 0.1) is 18.6 Å². The summed E-state index contributed by atoms with van der Waals surface area (Å²) in [6.07, 6.45) is 0. The molecule has 0 saturated heterocycles. The van der Waals surface area contributed by atoms with Gasteiger partial charge in [0.2, 0.25) is 0 Å². The number of halogens is 3. The van der Waals surface area contributed by atoms with Crippen molar-refractivity contribution in [1.82, 2.24) is 9.38 Å². The summed E-state index contributed by atoms with van der Waals surface area (Å²) in [5.74, 6) is -0.744. The smallest absolute Gasteiger partial charge is 0.196 e. The topological polar surface area (TPSA) is 29.3 Å². The van der Waals surface area contributed by atoms with E-state index in [1.165, 1.54) is 23.5 Å². The van der Waals surface area contributed by atoms with Gasteiger partial charge in [-0.25, -0.2) is 13.8 Å². The first kappa shape index (κ1) is 19.7. The number of hydrogen-bond donors (Lipinski definition) is 1. The molecule has 0 atom stereocenters. The molecule has 0 aliphatic rings. The Labute approximate surface area is 186 Å². The molecule has 0 aliphatic heterocycles. The molecule has 31 heavy (non-hydrogen) atoms. The highest BCUT2D eigenvalue weighted by Crippen LogP contribution is 2.40. The van der Waals surface area contributed by atoms with E-state index in [-0.39, 0.29) is 5.56 Å². The molecule has 2 aromatic heterocycles. The van der Waals surface area contributed by atoms with Crippen LogP contribution in [-0.2, 0) is 0 Å². The molecule has 0 aliphatic carbocycles. The van der Waals surface area contributed by atoms with Crippen LogP contribution in [0.4, 0.5) is 20.3 Å². The molecule has 1 N–H and O–H groups in total. The summed E-state index contributed by atoms with van der Waals surface area (Å²) in [7, 11) is 0. The van der Waals surface area contributed by atoms with Gasteiger partial charge in [-0.05, 0) is 36.2 Å². The van der Waals surface area contributed by atoms with Crippen molar-refractivity contribution in [1.29, 1.82) is 0 Å². The number of anilines is 2. The maximum Gasteiger partial charge on any atom is 0.196 e. The fourth-order valence-electron chi connectivity index (χ4n) is 3.56. The van der Waals surface area contributed by atoms with Crippen LogP contribution in [0.1, 0.15) is 5.56 Å². The first-order chi connectivity index (χ1) is 15.0. The van der Waals surface area contributed by atoms with E-state index in [1.807, 2.05) is 59.2 Å². The van der Waals surface area contributed by atoms with Gasteiger partial charge in [-0.2, -0.15) is 0 Å². The highest BCUT2D eigenvalue weighted by molar-refractivity contribution is 7.15. The molecule has 5 aromatic rings. The Kier molecular flexibility index (Phi) is 4.96. The van der Waals surface area contributed by atoms with Crippen LogP contribution in [0.2, 0.25) is 5.02 Å². The summed E-state index contributed by atoms with van der Waals surface area (Å²) in [6.45, 7) is 1.94. The van der Waals surface area contributed by atoms with Gasteiger partial charge in [0.1, 0.15) is 23.1 Å². The quantitative estimate of drug-likeness (QED) is 0.303. The van der Waals surface area contributed by atoms with Crippen molar-refractivity contribution in [2.24, 2.45) is 0 Å². The number of nitrogens with zero attached hydrogens (tertiary/aromatic N) is 2. The lowest BCUT2D eigenvalue weighted by Crippen LogP contribution is -2.01. The Hall–Kier alpha value is -3.22. The molecule has 154 valence electrons. The monoisotopic (exact) mass is 451 g/mol. The Morgan fingerprint density at radius 3 is 2.55 bits per heavy atom. The third-order valence-electron chi connectivity index (χ3n) is 5.08. The summed E-state index contributed by atoms with van der Waals surface area (Å²) in [4.78, 5) is 5.37. The van der Waals surface area contributed by atoms with Crippen molar-refractivity contribution < 1.29 is 8.78 Å². The van der Waals surface area contributed by atoms with Crippen LogP contribution in [0.15, 0.2) is 72.1 Å². The Bertz CT molecular complexity index is 1390. The molecule has 7 heteroatoms. The number of hydrogen-bond acceptors (Lipinski definition) is 3. The second kappa shape index (κ2) is 7.80. The van der Waals surface area contributed by atoms with Gasteiger partial charge < -0.3 is 5.32 Å². The Morgan fingerprint density at radius 1 is 1.00 bits per heavy atom. The van der Waals surface area contributed by atoms with Crippen molar-refractivity contribution in [2.45, 2.75) is 6.92 Å². The van der Waals surface area contributed by atoms with E-state index in [2.05, 4.69) is 10.3 Å². The predicted molar refractivity (Wildman–Crippen MR) is 123 cm³/mol. The SMILES string of the molecule is Cc1cccc(Cl)c1Nc1c(-c2ccc(F)cc2F)nc2scc(-c3ccccc3)n12. The number of rotatable bonds is 4. The minimum absolute atomic E-state index is 0.212. The van der Waals surface area contributed by atoms with E-state index < -0.39 is 11.6 Å². The van der Waals surface area contributed by atoms with E-state index in [4.69, 9.17) is 11.6 Å². The summed E-state index contributed by atoms with van der Waals surface area (Å²) in [5, 5.41) is 5.93. The first-order valence-corrected chi connectivity index (χ1v) is 10.8. The number of thiazole rings is 1. The van der Waals surface area contributed by atoms with Gasteiger partial charge in [0.05, 0.1) is 16.4 Å². The number of fused-ring (bicyclic) bond motifs is 1. The molecule has 3 aromatic carbocycles. The maximum absolute atomic E-state index is 14.7. The van der Waals surface area contributed by atoms with E-state index >= 15 is 0 Å². The second-order valence-corrected chi connectivity index (χ2v) is 8.34. The van der Waals surface area contributed by atoms with Crippen LogP contribution in [0.25, 0.3) is 27.5 Å². The molecule has 0 radical (unpaired) electrons. The summed E-state index contributed by atoms with van der Waals surface area (Å²) >= 11 is 7.91. The van der Waals surface area contributed by atoms with E-state index in [1.54, 1.807) is 6.07 Å². The molecule has 0 fully saturated rings. The summed E-state index contributed by atoms with van der Waals surface area (Å²) < 4.78 is 30.2. The highest BCUT2D eigenvalue weighted by Gasteiger charge is 2.22. The molecule has 2 heterocycles. The van der Waals surface area contributed by atoms with Crippen molar-refractivity contribution in [2.75, 3.05) is 5.32 Å². The normalized spacial score (nSPS) is 11.2. The third-order valence-corrected chi connectivity index (χ3v) is 6.23. The summed E-state index contributed by atoms with van der Waals surface area (Å²) in [6, 6.07) is 19.0. The zero-order valence-electron chi connectivity index (χ0n) is 16.4. The fraction of sp³-hybridized carbons (Fsp3) is 0.0417. The molecule has 0 unspecified atom stereocenters. The molecular formula is C24H16ClF2N3S. The Balaban J connectivity index is 1.79. The van der Waals surface area contributed by atoms with Crippen LogP contribution in [0.3, 0.4) is 0 Å². The van der Waals surface area contributed by atoms with Gasteiger partial charge in [-0.1, -0.05) is 54.1 Å². The van der Waals surface area contributed by atoms with Crippen LogP contribution in [-0.4, -0.2) is 9.38 Å². The lowest BCUT2D eigenvalue weighted by atomic mass is 10.1. The lowest BCUT2D eigenvalue weighted by Gasteiger charge is -2.14. The molecule has 3 nitrogen and oxygen atoms in total. The number of para-hydroxylation sites is 1. The van der Waals surface area contributed by atoms with Crippen LogP contribution in [0.5, 0.6) is 0 Å². The standard InChI is InChI=1S/C24H16ClF2N3S/c1-14-6-5-9-18(25)21(14)28-23-22(17-11-10-16(26)12-19(17)27)29-24-30(23)20(13-31-24)15-7-3-2-4-8-15/h2-13,28H,1H3. The van der Waals surface area contributed by atoms with Crippen molar-refractivity contribution in [3.05, 3.63) is 94.3 Å². The Morgan fingerprint density at radius 2 is 1.81 bits per heavy atom. The van der Waals surface area contributed by atoms with Crippen molar-refractivity contribution >= 4 is 39.4 Å². The highest BCUT2D eigenvalue weighted by atomic mass is 35.5. The molecule has 5 rings (SSSR count). The van der Waals surface area contributed by atoms with Gasteiger partial charge >= 0.3 is 0 Å². The van der Waals surface area contributed by atoms with Gasteiger partial charge in [0, 0.05) is 17.0 Å². The maximum atomic E-state index is 14.7. The largest absolute Gasteiger partial charge is 0.338 e. The minimum Gasteiger partial charge on any atom is -0.338 e. The predicted octanol–water partition coefficient (Wildman–Crippen LogP) is 7.71. The average molecular weight is 452 g/mol. The molecular weight excluding hydrogens is 436 g/mol. The van der Waals surface area contributed by atoms with Gasteiger partial charge in [-0.3, -0.25) is 4.40 Å². The number of imidazole rings is 1. The second-order valence-electron chi connectivity index (χ2n) is 7.09. The fourth-order valence-corrected chi connectivity index (χ4v) is 4.73. The summed E-state index contributed by atoms with van der Waals surface area (Å²) in [5.41, 5.74) is 4.15. The van der Waals surface area contributed by atoms with Crippen LogP contribution >= 0.6 is 22.9 Å². The third kappa shape index (κ3) is 3.48. The van der Waals surface area contributed by atoms with E-state index in [0.29, 0.717) is 27.2 Å². The van der Waals surface area contributed by atoms with Gasteiger partial charge in [0.25, 0.3) is 0 Å². The van der Waals surface area contributed by atoms with E-state index in [9.17, 15) is 8.78 Å². The molecule has 0 bridgehead atoms. The zero-order chi connectivity index (χ0) is 21.5. The molecule has 0 saturated carbocycles. The number of benzene rings is 3. The van der Waals surface area contributed by atoms with E-state index in [0.717, 1.165) is 22.9 Å². The lowest BCUT2D eigenvalue weighted by molar-refractivity contribution is 0.585. The number of aryl methyl sites for hydroxylation is 1. The van der Waals surface area contributed by atoms with Crippen LogP contribution < -0.4 is 5.32 Å². The average Bonchev–Trinajstić information content (AvgIpc) is 3.31. The van der Waals surface area contributed by atoms with Crippen molar-refractivity contribution in [3.8, 4) is 22.5 Å². The molecule has 0 spiro atoms. The van der Waals surface area contributed by atoms with Gasteiger partial charge in [0.15, 0.2) is 4.96 Å². The first-order valence-electron chi connectivity index (χ1n) is 9.56. The number of nitrogens with one attached hydrogen (secondary N) is 1. The minimum atomic E-state index is -0.675. The molecule has 0 amide bonds. The zero-order valence-corrected chi connectivity index (χ0v) is 17.9. The number of aromatic nitrogens is 2. The van der Waals surface area contributed by atoms with Gasteiger partial charge in [-0.15, -0.1) is 11.3 Å². The van der Waals surface area contributed by atoms with Crippen molar-refractivity contribution in [3.63, 3.8) is 0 Å².